The first kappa shape index (κ1) is 18.5. The largest absolute Gasteiger partial charge is 0.482 e. The first-order valence-corrected chi connectivity index (χ1v) is 8.70. The zero-order valence-electron chi connectivity index (χ0n) is 15.8. The van der Waals surface area contributed by atoms with Gasteiger partial charge >= 0.3 is 11.5 Å². The van der Waals surface area contributed by atoms with E-state index in [-0.39, 0.29) is 11.3 Å². The van der Waals surface area contributed by atoms with Gasteiger partial charge in [0.05, 0.1) is 17.1 Å². The maximum Gasteiger partial charge on any atom is 0.433 e. The molecule has 0 saturated carbocycles. The van der Waals surface area contributed by atoms with Crippen molar-refractivity contribution in [1.82, 2.24) is 0 Å². The Labute approximate surface area is 163 Å². The molecule has 1 amide bonds. The normalized spacial score (nSPS) is 14.3. The van der Waals surface area contributed by atoms with Crippen molar-refractivity contribution < 1.29 is 23.3 Å². The number of hydrogen-bond donors (Lipinski definition) is 1. The van der Waals surface area contributed by atoms with Crippen LogP contribution in [0, 0.1) is 17.0 Å². The summed E-state index contributed by atoms with van der Waals surface area (Å²) < 4.78 is 16.4. The summed E-state index contributed by atoms with van der Waals surface area (Å²) in [5, 5.41) is 14.0. The molecule has 2 aromatic heterocycles. The highest BCUT2D eigenvalue weighted by molar-refractivity contribution is 6.06. The van der Waals surface area contributed by atoms with Crippen LogP contribution in [-0.4, -0.2) is 16.4 Å². The van der Waals surface area contributed by atoms with Gasteiger partial charge in [-0.05, 0) is 44.6 Å². The molecule has 0 atom stereocenters. The second-order valence-corrected chi connectivity index (χ2v) is 7.18. The van der Waals surface area contributed by atoms with Gasteiger partial charge in [-0.15, -0.1) is 0 Å². The van der Waals surface area contributed by atoms with Crippen molar-refractivity contribution in [2.24, 2.45) is 0 Å². The number of furan rings is 1. The molecule has 0 spiro atoms. The summed E-state index contributed by atoms with van der Waals surface area (Å²) >= 11 is 0. The average Bonchev–Trinajstić information content (AvgIpc) is 3.10. The molecule has 1 N–H and O–H groups in total. The van der Waals surface area contributed by atoms with Gasteiger partial charge in [-0.25, -0.2) is 4.79 Å². The third kappa shape index (κ3) is 3.27. The minimum absolute atomic E-state index is 0.225. The highest BCUT2D eigenvalue weighted by atomic mass is 16.6. The van der Waals surface area contributed by atoms with E-state index in [1.54, 1.807) is 6.92 Å². The van der Waals surface area contributed by atoms with Crippen molar-refractivity contribution in [1.29, 1.82) is 0 Å². The number of nitrogens with zero attached hydrogens (tertiary/aromatic N) is 1. The Bertz CT molecular complexity index is 1260. The molecule has 9 nitrogen and oxygen atoms in total. The molecule has 0 unspecified atom stereocenters. The lowest BCUT2D eigenvalue weighted by molar-refractivity contribution is -0.402. The first-order valence-electron chi connectivity index (χ1n) is 8.70. The van der Waals surface area contributed by atoms with Crippen LogP contribution in [0.1, 0.15) is 35.5 Å². The zero-order valence-corrected chi connectivity index (χ0v) is 15.8. The summed E-state index contributed by atoms with van der Waals surface area (Å²) in [5.41, 5.74) is 0.700. The highest BCUT2D eigenvalue weighted by Gasteiger charge is 2.28. The van der Waals surface area contributed by atoms with E-state index in [1.165, 1.54) is 18.2 Å². The van der Waals surface area contributed by atoms with Crippen molar-refractivity contribution in [2.45, 2.75) is 26.4 Å². The summed E-state index contributed by atoms with van der Waals surface area (Å²) in [6, 6.07) is 5.20. The number of fused-ring (bicyclic) bond motifs is 3. The SMILES string of the molecule is Cc1cc(=O)oc2cc(NC(=O)c3ccc([N+](=O)[O-])o3)c3c(c12)OC(C)(C)C=C3. The van der Waals surface area contributed by atoms with Crippen LogP contribution >= 0.6 is 0 Å². The summed E-state index contributed by atoms with van der Waals surface area (Å²) in [6.07, 6.45) is 3.64. The molecule has 1 aliphatic rings. The molecule has 148 valence electrons. The van der Waals surface area contributed by atoms with Gasteiger partial charge in [0, 0.05) is 17.7 Å². The van der Waals surface area contributed by atoms with Gasteiger partial charge in [0.25, 0.3) is 5.91 Å². The second kappa shape index (κ2) is 6.33. The molecule has 0 bridgehead atoms. The van der Waals surface area contributed by atoms with Gasteiger partial charge in [0.2, 0.25) is 0 Å². The van der Waals surface area contributed by atoms with E-state index in [9.17, 15) is 19.7 Å². The minimum Gasteiger partial charge on any atom is -0.482 e. The minimum atomic E-state index is -0.731. The second-order valence-electron chi connectivity index (χ2n) is 7.18. The Hall–Kier alpha value is -3.88. The molecule has 1 aliphatic heterocycles. The summed E-state index contributed by atoms with van der Waals surface area (Å²) in [6.45, 7) is 5.52. The first-order chi connectivity index (χ1) is 13.6. The number of hydrogen-bond acceptors (Lipinski definition) is 7. The number of ether oxygens (including phenoxy) is 1. The third-order valence-electron chi connectivity index (χ3n) is 4.48. The topological polar surface area (TPSA) is 125 Å². The molecule has 1 aromatic carbocycles. The summed E-state index contributed by atoms with van der Waals surface area (Å²) in [7, 11) is 0. The van der Waals surface area contributed by atoms with Crippen LogP contribution < -0.4 is 15.7 Å². The van der Waals surface area contributed by atoms with E-state index < -0.39 is 27.9 Å². The molecule has 0 radical (unpaired) electrons. The number of anilines is 1. The molecule has 9 heteroatoms. The predicted molar refractivity (Wildman–Crippen MR) is 104 cm³/mol. The molecule has 0 saturated heterocycles. The number of carbonyl (C=O) groups excluding carboxylic acids is 1. The fraction of sp³-hybridized carbons (Fsp3) is 0.200. The summed E-state index contributed by atoms with van der Waals surface area (Å²) in [5.74, 6) is -0.982. The fourth-order valence-electron chi connectivity index (χ4n) is 3.18. The van der Waals surface area contributed by atoms with Crippen LogP contribution in [0.15, 0.2) is 44.0 Å². The lowest BCUT2D eigenvalue weighted by Gasteiger charge is -2.30. The van der Waals surface area contributed by atoms with Crippen LogP contribution in [-0.2, 0) is 0 Å². The number of rotatable bonds is 3. The Morgan fingerprint density at radius 3 is 2.66 bits per heavy atom. The highest BCUT2D eigenvalue weighted by Crippen LogP contribution is 2.42. The lowest BCUT2D eigenvalue weighted by Crippen LogP contribution is -2.28. The molecule has 0 aliphatic carbocycles. The maximum absolute atomic E-state index is 12.5. The van der Waals surface area contributed by atoms with Crippen molar-refractivity contribution in [3.8, 4) is 5.75 Å². The van der Waals surface area contributed by atoms with E-state index in [0.717, 1.165) is 6.07 Å². The smallest absolute Gasteiger partial charge is 0.433 e. The van der Waals surface area contributed by atoms with E-state index in [1.807, 2.05) is 26.0 Å². The zero-order chi connectivity index (χ0) is 20.9. The molecular formula is C20H16N2O7. The molecule has 3 heterocycles. The van der Waals surface area contributed by atoms with Crippen LogP contribution in [0.25, 0.3) is 17.0 Å². The lowest BCUT2D eigenvalue weighted by atomic mass is 9.97. The van der Waals surface area contributed by atoms with E-state index in [4.69, 9.17) is 13.6 Å². The number of nitrogens with one attached hydrogen (secondary N) is 1. The quantitative estimate of drug-likeness (QED) is 0.402. The molecule has 0 fully saturated rings. The Kier molecular flexibility index (Phi) is 4.04. The van der Waals surface area contributed by atoms with Crippen molar-refractivity contribution >= 4 is 34.5 Å². The molecular weight excluding hydrogens is 380 g/mol. The number of benzene rings is 1. The van der Waals surface area contributed by atoms with Gasteiger partial charge in [-0.1, -0.05) is 0 Å². The van der Waals surface area contributed by atoms with Crippen molar-refractivity contribution in [2.75, 3.05) is 5.32 Å². The molecule has 3 aromatic rings. The Morgan fingerprint density at radius 1 is 1.21 bits per heavy atom. The van der Waals surface area contributed by atoms with Crippen molar-refractivity contribution in [3.05, 3.63) is 67.8 Å². The van der Waals surface area contributed by atoms with Crippen LogP contribution in [0.3, 0.4) is 0 Å². The number of amides is 1. The average molecular weight is 396 g/mol. The van der Waals surface area contributed by atoms with Gasteiger partial charge < -0.3 is 18.9 Å². The Morgan fingerprint density at radius 2 is 1.97 bits per heavy atom. The van der Waals surface area contributed by atoms with Gasteiger partial charge in [-0.2, -0.15) is 0 Å². The van der Waals surface area contributed by atoms with Crippen LogP contribution in [0.2, 0.25) is 0 Å². The predicted octanol–water partition coefficient (Wildman–Crippen LogP) is 4.04. The van der Waals surface area contributed by atoms with Crippen LogP contribution in [0.4, 0.5) is 11.6 Å². The number of nitro groups is 1. The van der Waals surface area contributed by atoms with Crippen molar-refractivity contribution in [3.63, 3.8) is 0 Å². The summed E-state index contributed by atoms with van der Waals surface area (Å²) in [4.78, 5) is 34.4. The van der Waals surface area contributed by atoms with E-state index in [0.29, 0.717) is 28.0 Å². The molecule has 29 heavy (non-hydrogen) atoms. The van der Waals surface area contributed by atoms with E-state index in [2.05, 4.69) is 5.32 Å². The monoisotopic (exact) mass is 396 g/mol. The fourth-order valence-corrected chi connectivity index (χ4v) is 3.18. The standard InChI is InChI=1S/C20H16N2O7/c1-10-8-16(23)28-14-9-12(11-6-7-20(2,3)29-18(11)17(10)14)21-19(24)13-4-5-15(27-13)22(25)26/h4-9H,1-3H3,(H,21,24). The number of aryl methyl sites for hydroxylation is 1. The molecule has 4 rings (SSSR count). The maximum atomic E-state index is 12.5. The third-order valence-corrected chi connectivity index (χ3v) is 4.48. The van der Waals surface area contributed by atoms with Gasteiger partial charge in [-0.3, -0.25) is 14.9 Å². The van der Waals surface area contributed by atoms with Gasteiger partial charge in [0.15, 0.2) is 5.76 Å². The number of carbonyl (C=O) groups is 1. The van der Waals surface area contributed by atoms with E-state index >= 15 is 0 Å². The van der Waals surface area contributed by atoms with Crippen LogP contribution in [0.5, 0.6) is 5.75 Å². The Balaban J connectivity index is 1.85. The van der Waals surface area contributed by atoms with Gasteiger partial charge in [0.1, 0.15) is 21.9 Å².